The lowest BCUT2D eigenvalue weighted by atomic mass is 10.2. The van der Waals surface area contributed by atoms with Gasteiger partial charge in [0.25, 0.3) is 20.4 Å². The van der Waals surface area contributed by atoms with Crippen molar-refractivity contribution in [3.05, 3.63) is 119 Å². The lowest BCUT2D eigenvalue weighted by Gasteiger charge is -2.27. The minimum atomic E-state index is -4.63. The third-order valence-electron chi connectivity index (χ3n) is 11.0. The van der Waals surface area contributed by atoms with Gasteiger partial charge in [-0.2, -0.15) is 34.9 Å². The highest BCUT2D eigenvalue weighted by molar-refractivity contribution is 7.87. The fourth-order valence-corrected chi connectivity index (χ4v) is 9.68. The largest absolute Gasteiger partial charge is 0.481 e. The number of carbonyl (C=O) groups is 6. The number of guanidine groups is 2. The summed E-state index contributed by atoms with van der Waals surface area (Å²) in [6.45, 7) is -2.12. The van der Waals surface area contributed by atoms with Gasteiger partial charge in [-0.15, -0.1) is 0 Å². The maximum atomic E-state index is 13.4. The van der Waals surface area contributed by atoms with Crippen LogP contribution in [-0.2, 0) is 76.4 Å². The molecule has 14 N–H and O–H groups in total. The van der Waals surface area contributed by atoms with Gasteiger partial charge in [0, 0.05) is 37.6 Å². The van der Waals surface area contributed by atoms with E-state index < -0.39 is 94.2 Å². The Balaban J connectivity index is 1.11. The summed E-state index contributed by atoms with van der Waals surface area (Å²) in [5.74, 6) is -8.25. The molecule has 0 aliphatic heterocycles. The zero-order valence-electron chi connectivity index (χ0n) is 44.3. The van der Waals surface area contributed by atoms with E-state index in [4.69, 9.17) is 55.4 Å². The van der Waals surface area contributed by atoms with Crippen molar-refractivity contribution in [2.75, 3.05) is 89.8 Å². The number of carboxylic acids is 4. The van der Waals surface area contributed by atoms with Crippen LogP contribution in [-0.4, -0.2) is 185 Å². The van der Waals surface area contributed by atoms with Crippen LogP contribution in [0.1, 0.15) is 44.7 Å². The predicted molar refractivity (Wildman–Crippen MR) is 293 cm³/mol. The van der Waals surface area contributed by atoms with E-state index in [0.29, 0.717) is 31.1 Å². The number of hydrogen-bond acceptors (Lipinski definition) is 19. The first-order valence-electron chi connectivity index (χ1n) is 24.8. The van der Waals surface area contributed by atoms with E-state index >= 15 is 0 Å². The molecule has 0 fully saturated rings. The second-order valence-electron chi connectivity index (χ2n) is 17.1. The molecular formula is C50H64N10O21S2. The van der Waals surface area contributed by atoms with Crippen LogP contribution in [0.3, 0.4) is 0 Å². The number of ether oxygens (including phenoxy) is 7. The van der Waals surface area contributed by atoms with Gasteiger partial charge in [0.1, 0.15) is 23.6 Å². The molecule has 2 atom stereocenters. The van der Waals surface area contributed by atoms with Gasteiger partial charge in [-0.3, -0.25) is 30.0 Å². The highest BCUT2D eigenvalue weighted by Gasteiger charge is 2.38. The average Bonchev–Trinajstić information content (AvgIpc) is 3.57. The first-order valence-corrected chi connectivity index (χ1v) is 27.7. The molecule has 83 heavy (non-hydrogen) atoms. The van der Waals surface area contributed by atoms with Crippen molar-refractivity contribution in [1.29, 1.82) is 10.8 Å². The van der Waals surface area contributed by atoms with Gasteiger partial charge >= 0.3 is 35.8 Å². The zero-order valence-corrected chi connectivity index (χ0v) is 45.9. The predicted octanol–water partition coefficient (Wildman–Crippen LogP) is 0.648. The van der Waals surface area contributed by atoms with Crippen LogP contribution in [0, 0.1) is 10.8 Å². The van der Waals surface area contributed by atoms with E-state index in [9.17, 15) is 66.0 Å². The molecule has 31 nitrogen and oxygen atoms in total. The number of rotatable bonds is 40. The second-order valence-corrected chi connectivity index (χ2v) is 20.6. The number of carboxylic acid groups (broad SMARTS) is 4. The number of anilines is 2. The average molecular weight is 1210 g/mol. The molecule has 0 radical (unpaired) electrons. The molecular weight excluding hydrogens is 1140 g/mol. The van der Waals surface area contributed by atoms with E-state index in [1.54, 1.807) is 0 Å². The summed E-state index contributed by atoms with van der Waals surface area (Å²) in [5, 5.41) is 58.0. The number of hydrogen-bond donors (Lipinski definition) is 12. The summed E-state index contributed by atoms with van der Waals surface area (Å²) in [7, 11) is -9.27. The highest BCUT2D eigenvalue weighted by atomic mass is 32.2. The summed E-state index contributed by atoms with van der Waals surface area (Å²) in [4.78, 5) is 72.4. The Morgan fingerprint density at radius 3 is 1.01 bits per heavy atom. The minimum absolute atomic E-state index is 0.0179. The van der Waals surface area contributed by atoms with Crippen LogP contribution in [0.4, 0.5) is 11.4 Å². The Kier molecular flexibility index (Phi) is 27.8. The Labute approximate surface area is 476 Å². The number of nitrogens with one attached hydrogen (secondary N) is 6. The molecule has 4 aromatic rings. The number of carbonyl (C=O) groups excluding carboxylic acids is 2. The Bertz CT molecular complexity index is 2830. The van der Waals surface area contributed by atoms with E-state index in [1.807, 2.05) is 0 Å². The van der Waals surface area contributed by atoms with E-state index in [2.05, 4.69) is 20.1 Å². The first kappa shape index (κ1) is 67.3. The van der Waals surface area contributed by atoms with E-state index in [0.717, 1.165) is 0 Å². The van der Waals surface area contributed by atoms with Gasteiger partial charge in [0.15, 0.2) is 11.9 Å². The number of esters is 2. The lowest BCUT2D eigenvalue weighted by molar-refractivity contribution is -0.148. The standard InChI is InChI=1S/C50H64N10O21S2/c51-49(52)57-37-9-5-35(6-10-37)47(69)80-39-13-1-33(2-14-39)31-55-82(71,72)59(41(45(65)66)29-43(61)62)17-19-75-21-23-77-25-27-79-28-26-78-24-22-76-20-18-60(42(46(67)68)30-44(63)64)83(73,74)56-32-34-3-15-40(16-4-34)81-48(70)36-7-11-38(12-8-36)58-50(53)54/h1-16,41-42,55-56H,17-32H2,(H,61,62)(H,63,64)(H,65,66)(H,67,68)(H4,51,52,57)(H4,53,54,58)/t41-,42-/m0/s1. The monoisotopic (exact) mass is 1200 g/mol. The van der Waals surface area contributed by atoms with Crippen molar-refractivity contribution < 1.29 is 99.2 Å². The summed E-state index contributed by atoms with van der Waals surface area (Å²) in [6.07, 6.45) is -2.11. The van der Waals surface area contributed by atoms with Crippen LogP contribution in [0.25, 0.3) is 0 Å². The molecule has 0 bridgehead atoms. The maximum Gasteiger partial charge on any atom is 0.343 e. The van der Waals surface area contributed by atoms with Crippen molar-refractivity contribution in [2.24, 2.45) is 11.5 Å². The molecule has 0 aliphatic carbocycles. The van der Waals surface area contributed by atoms with Crippen LogP contribution < -0.4 is 41.0 Å². The number of nitrogens with zero attached hydrogens (tertiary/aromatic N) is 2. The molecule has 0 spiro atoms. The van der Waals surface area contributed by atoms with Gasteiger partial charge in [-0.05, 0) is 83.9 Å². The fourth-order valence-electron chi connectivity index (χ4n) is 7.02. The summed E-state index contributed by atoms with van der Waals surface area (Å²) >= 11 is 0. The van der Waals surface area contributed by atoms with Crippen molar-refractivity contribution >= 4 is 79.5 Å². The van der Waals surface area contributed by atoms with Gasteiger partial charge in [0.05, 0.1) is 90.0 Å². The van der Waals surface area contributed by atoms with Gasteiger partial charge in [-0.25, -0.2) is 9.59 Å². The first-order chi connectivity index (χ1) is 39.4. The molecule has 452 valence electrons. The molecule has 0 saturated heterocycles. The van der Waals surface area contributed by atoms with Gasteiger partial charge < -0.3 is 75.7 Å². The summed E-state index contributed by atoms with van der Waals surface area (Å²) in [5.41, 5.74) is 12.7. The quantitative estimate of drug-likeness (QED) is 0.00956. The molecule has 33 heteroatoms. The maximum absolute atomic E-state index is 13.4. The molecule has 0 aromatic heterocycles. The molecule has 0 saturated carbocycles. The van der Waals surface area contributed by atoms with Crippen molar-refractivity contribution in [1.82, 2.24) is 18.1 Å². The Morgan fingerprint density at radius 2 is 0.747 bits per heavy atom. The van der Waals surface area contributed by atoms with E-state index in [-0.39, 0.29) is 114 Å². The second kappa shape index (κ2) is 34.3. The molecule has 4 aromatic carbocycles. The van der Waals surface area contributed by atoms with Crippen molar-refractivity contribution in [3.63, 3.8) is 0 Å². The van der Waals surface area contributed by atoms with Crippen LogP contribution >= 0.6 is 0 Å². The number of aliphatic carboxylic acids is 4. The fraction of sp³-hybridized carbons (Fsp3) is 0.360. The molecule has 0 amide bonds. The summed E-state index contributed by atoms with van der Waals surface area (Å²) < 4.78 is 97.0. The van der Waals surface area contributed by atoms with Gasteiger partial charge in [0.2, 0.25) is 0 Å². The number of nitrogens with two attached hydrogens (primary N) is 2. The van der Waals surface area contributed by atoms with Crippen LogP contribution in [0.15, 0.2) is 97.1 Å². The third kappa shape index (κ3) is 24.8. The highest BCUT2D eigenvalue weighted by Crippen LogP contribution is 2.20. The Hall–Kier alpha value is -8.22. The summed E-state index contributed by atoms with van der Waals surface area (Å²) in [6, 6.07) is 19.4. The molecule has 4 rings (SSSR count). The van der Waals surface area contributed by atoms with Crippen molar-refractivity contribution in [3.8, 4) is 11.5 Å². The lowest BCUT2D eigenvalue weighted by Crippen LogP contribution is -2.51. The SMILES string of the molecule is N=C(N)Nc1ccc(C(=O)Oc2ccc(CNS(=O)(=O)N(CCOCCOCCOCCOCCOCCN([C@@H](CC(=O)O)C(=O)O)S(=O)(=O)NCc3ccc(OC(=O)c4ccc(NC(=N)N)cc4)cc3)[C@@H](CC(=O)O)C(=O)O)cc2)cc1. The van der Waals surface area contributed by atoms with Crippen LogP contribution in [0.2, 0.25) is 0 Å². The number of benzene rings is 4. The van der Waals surface area contributed by atoms with E-state index in [1.165, 1.54) is 97.1 Å². The topological polar surface area (TPSA) is 471 Å². The minimum Gasteiger partial charge on any atom is -0.481 e. The third-order valence-corrected chi connectivity index (χ3v) is 14.1. The molecule has 0 heterocycles. The smallest absolute Gasteiger partial charge is 0.343 e. The van der Waals surface area contributed by atoms with Gasteiger partial charge in [-0.1, -0.05) is 24.3 Å². The van der Waals surface area contributed by atoms with Crippen molar-refractivity contribution in [2.45, 2.75) is 38.0 Å². The molecule has 0 aliphatic rings. The zero-order chi connectivity index (χ0) is 61.0. The molecule has 0 unspecified atom stereocenters. The Morgan fingerprint density at radius 1 is 0.458 bits per heavy atom. The van der Waals surface area contributed by atoms with Crippen LogP contribution in [0.5, 0.6) is 11.5 Å². The normalized spacial score (nSPS) is 12.3.